The van der Waals surface area contributed by atoms with Crippen molar-refractivity contribution in [2.45, 2.75) is 144 Å². The number of carboxylic acid groups (broad SMARTS) is 1. The number of tetrazole rings is 1. The molecule has 2 saturated carbocycles. The van der Waals surface area contributed by atoms with Crippen molar-refractivity contribution >= 4 is 24.2 Å². The first-order valence-corrected chi connectivity index (χ1v) is 25.5. The Morgan fingerprint density at radius 2 is 1.30 bits per heavy atom. The smallest absolute Gasteiger partial charge is 0.418 e. The van der Waals surface area contributed by atoms with Gasteiger partial charge in [0, 0.05) is 56.8 Å². The highest BCUT2D eigenvalue weighted by molar-refractivity contribution is 5.90. The van der Waals surface area contributed by atoms with Gasteiger partial charge in [0.1, 0.15) is 17.5 Å². The number of para-hydroxylation sites is 2. The topological polar surface area (TPSA) is 209 Å². The standard InChI is InChI=1S/C25H30F5N9O.C24H28F5N5O3/c26-24(27)11-5-12-38(15-24)13-10-17(14-20-33-36-37-34-20)31-23(40)21-32-22(16-6-1-2-7-16)39(35-21)19-9-4-3-8-18(19)25(28,29)30;25-23(26)10-12-32(14-23)11-9-17(13-20(36)37)33(15-35)22-30-21(16-5-1-2-6-16)34(31-22)19-8-4-3-7-18(19)24(27,28)29/h3-4,8-9,16-17H,1-2,5-7,10-15H2,(H,31,40)(H,33,34,36,37);3-4,7-8,15-17H,1-2,5-6,9-14H2,(H,36,37)/t2*17-/m00/s1. The predicted octanol–water partition coefficient (Wildman–Crippen LogP) is 8.40. The van der Waals surface area contributed by atoms with Crippen LogP contribution >= 0.6 is 0 Å². The van der Waals surface area contributed by atoms with E-state index in [1.165, 1.54) is 41.3 Å². The zero-order valence-electron chi connectivity index (χ0n) is 41.7. The summed E-state index contributed by atoms with van der Waals surface area (Å²) in [6, 6.07) is 8.44. The summed E-state index contributed by atoms with van der Waals surface area (Å²) < 4.78 is 140. The number of nitrogens with one attached hydrogen (secondary N) is 2. The number of hydrogen-bond donors (Lipinski definition) is 3. The van der Waals surface area contributed by atoms with Crippen LogP contribution in [0.2, 0.25) is 0 Å². The van der Waals surface area contributed by atoms with Gasteiger partial charge in [-0.1, -0.05) is 49.9 Å². The summed E-state index contributed by atoms with van der Waals surface area (Å²) in [5.41, 5.74) is -2.23. The number of carbonyl (C=O) groups excluding carboxylic acids is 2. The van der Waals surface area contributed by atoms with E-state index in [1.807, 2.05) is 0 Å². The summed E-state index contributed by atoms with van der Waals surface area (Å²) in [4.78, 5) is 50.1. The number of anilines is 1. The number of H-pyrrole nitrogens is 1. The highest BCUT2D eigenvalue weighted by Gasteiger charge is 2.41. The largest absolute Gasteiger partial charge is 0.481 e. The highest BCUT2D eigenvalue weighted by Crippen LogP contribution is 2.41. The number of rotatable bonds is 19. The number of likely N-dealkylation sites (tertiary alicyclic amines) is 2. The first-order valence-electron chi connectivity index (χ1n) is 25.5. The van der Waals surface area contributed by atoms with Crippen molar-refractivity contribution in [3.8, 4) is 11.4 Å². The molecule has 0 spiro atoms. The number of hydrogen-bond acceptors (Lipinski definition) is 12. The van der Waals surface area contributed by atoms with Gasteiger partial charge in [-0.25, -0.2) is 37.0 Å². The number of carboxylic acids is 1. The Balaban J connectivity index is 0.000000204. The van der Waals surface area contributed by atoms with Gasteiger partial charge < -0.3 is 10.4 Å². The average molecular weight is 1100 g/mol. The number of carbonyl (C=O) groups is 3. The number of benzene rings is 2. The van der Waals surface area contributed by atoms with Crippen LogP contribution in [0.1, 0.15) is 141 Å². The highest BCUT2D eigenvalue weighted by atomic mass is 19.4. The SMILES string of the molecule is O=C(N[C@@H](CCN1CCCC(F)(F)C1)Cc1nnn[nH]1)c1nc(C2CCCC2)n(-c2ccccc2C(F)(F)F)n1.O=CN(c1nc(C2CCCC2)n(-c2ccccc2C(F)(F)F)n1)[C@@H](CCN1CCC(F)(F)C1)CC(=O)O. The van der Waals surface area contributed by atoms with Crippen LogP contribution in [-0.4, -0.2) is 147 Å². The van der Waals surface area contributed by atoms with E-state index in [0.29, 0.717) is 56.8 Å². The van der Waals surface area contributed by atoms with Gasteiger partial charge in [0.15, 0.2) is 0 Å². The molecule has 4 fully saturated rings. The lowest BCUT2D eigenvalue weighted by Gasteiger charge is -2.33. The maximum absolute atomic E-state index is 13.9. The molecule has 28 heteroatoms. The van der Waals surface area contributed by atoms with Crippen molar-refractivity contribution in [1.29, 1.82) is 0 Å². The fraction of sp³-hybridized carbons (Fsp3) is 0.592. The average Bonchev–Trinajstić information content (AvgIpc) is 4.25. The van der Waals surface area contributed by atoms with Crippen LogP contribution in [0, 0.1) is 0 Å². The molecule has 2 aliphatic carbocycles. The second-order valence-electron chi connectivity index (χ2n) is 20.1. The van der Waals surface area contributed by atoms with Crippen LogP contribution in [0.25, 0.3) is 11.4 Å². The maximum atomic E-state index is 13.9. The zero-order valence-corrected chi connectivity index (χ0v) is 41.7. The number of alkyl halides is 10. The zero-order chi connectivity index (χ0) is 55.1. The van der Waals surface area contributed by atoms with Crippen molar-refractivity contribution in [3.05, 3.63) is 83.0 Å². The third-order valence-corrected chi connectivity index (χ3v) is 14.4. The molecule has 0 bridgehead atoms. The third-order valence-electron chi connectivity index (χ3n) is 14.4. The molecular formula is C49H58F10N14O4. The Morgan fingerprint density at radius 1 is 0.753 bits per heavy atom. The molecule has 418 valence electrons. The quantitative estimate of drug-likeness (QED) is 0.0525. The lowest BCUT2D eigenvalue weighted by Crippen LogP contribution is -2.45. The van der Waals surface area contributed by atoms with Gasteiger partial charge in [-0.05, 0) is 86.2 Å². The van der Waals surface area contributed by atoms with Gasteiger partial charge in [0.25, 0.3) is 23.7 Å². The van der Waals surface area contributed by atoms with E-state index in [9.17, 15) is 63.4 Å². The number of nitrogens with zero attached hydrogens (tertiary/aromatic N) is 12. The molecule has 2 atom stereocenters. The van der Waals surface area contributed by atoms with Crippen LogP contribution in [-0.2, 0) is 28.4 Å². The summed E-state index contributed by atoms with van der Waals surface area (Å²) in [7, 11) is 0. The second-order valence-corrected chi connectivity index (χ2v) is 20.1. The molecule has 5 aromatic rings. The minimum atomic E-state index is -4.66. The van der Waals surface area contributed by atoms with Crippen LogP contribution in [0.15, 0.2) is 48.5 Å². The summed E-state index contributed by atoms with van der Waals surface area (Å²) in [6.07, 6.45) is -2.58. The molecule has 9 rings (SSSR count). The number of halogens is 10. The Hall–Kier alpha value is -6.58. The summed E-state index contributed by atoms with van der Waals surface area (Å²) in [5.74, 6) is -7.30. The van der Waals surface area contributed by atoms with Crippen molar-refractivity contribution in [2.24, 2.45) is 0 Å². The van der Waals surface area contributed by atoms with Crippen LogP contribution < -0.4 is 10.2 Å². The fourth-order valence-corrected chi connectivity index (χ4v) is 10.6. The molecule has 18 nitrogen and oxygen atoms in total. The molecule has 5 heterocycles. The van der Waals surface area contributed by atoms with Gasteiger partial charge in [0.2, 0.25) is 12.2 Å². The lowest BCUT2D eigenvalue weighted by atomic mass is 10.1. The molecule has 77 heavy (non-hydrogen) atoms. The summed E-state index contributed by atoms with van der Waals surface area (Å²) in [5, 5.41) is 34.4. The van der Waals surface area contributed by atoms with E-state index in [1.54, 1.807) is 4.90 Å². The molecule has 3 aromatic heterocycles. The first-order chi connectivity index (χ1) is 36.6. The van der Waals surface area contributed by atoms with E-state index in [4.69, 9.17) is 0 Å². The van der Waals surface area contributed by atoms with Crippen molar-refractivity contribution < 1.29 is 63.4 Å². The molecule has 4 aliphatic rings. The predicted molar refractivity (Wildman–Crippen MR) is 255 cm³/mol. The van der Waals surface area contributed by atoms with E-state index in [0.717, 1.165) is 64.9 Å². The van der Waals surface area contributed by atoms with Crippen molar-refractivity contribution in [2.75, 3.05) is 44.2 Å². The lowest BCUT2D eigenvalue weighted by molar-refractivity contribution is -0.138. The molecule has 2 saturated heterocycles. The molecule has 2 aromatic carbocycles. The Labute approximate surface area is 435 Å². The van der Waals surface area contributed by atoms with E-state index in [2.05, 4.69) is 46.1 Å². The normalized spacial score (nSPS) is 19.2. The minimum absolute atomic E-state index is 0.0492. The minimum Gasteiger partial charge on any atom is -0.481 e. The van der Waals surface area contributed by atoms with E-state index < -0.39 is 72.3 Å². The van der Waals surface area contributed by atoms with Gasteiger partial charge in [-0.2, -0.15) is 31.3 Å². The van der Waals surface area contributed by atoms with E-state index >= 15 is 0 Å². The number of aromatic nitrogens is 10. The third kappa shape index (κ3) is 14.5. The maximum Gasteiger partial charge on any atom is 0.418 e. The molecule has 3 N–H and O–H groups in total. The van der Waals surface area contributed by atoms with Crippen molar-refractivity contribution in [3.63, 3.8) is 0 Å². The number of piperidine rings is 1. The summed E-state index contributed by atoms with van der Waals surface area (Å²) in [6.45, 7) is 0.269. The van der Waals surface area contributed by atoms with Gasteiger partial charge in [-0.15, -0.1) is 15.3 Å². The summed E-state index contributed by atoms with van der Waals surface area (Å²) >= 11 is 0. The number of aliphatic carboxylic acids is 1. The van der Waals surface area contributed by atoms with Crippen LogP contribution in [0.4, 0.5) is 49.9 Å². The van der Waals surface area contributed by atoms with Crippen LogP contribution in [0.5, 0.6) is 0 Å². The number of aromatic amines is 1. The molecule has 0 unspecified atom stereocenters. The Kier molecular flexibility index (Phi) is 17.6. The first kappa shape index (κ1) is 56.6. The number of amides is 2. The molecule has 2 amide bonds. The fourth-order valence-electron chi connectivity index (χ4n) is 10.6. The monoisotopic (exact) mass is 1100 g/mol. The van der Waals surface area contributed by atoms with Gasteiger partial charge in [0.05, 0.1) is 48.1 Å². The molecule has 2 aliphatic heterocycles. The van der Waals surface area contributed by atoms with Crippen LogP contribution in [0.3, 0.4) is 0 Å². The van der Waals surface area contributed by atoms with Gasteiger partial charge in [-0.3, -0.25) is 29.1 Å². The van der Waals surface area contributed by atoms with Gasteiger partial charge >= 0.3 is 18.3 Å². The second kappa shape index (κ2) is 24.0. The Morgan fingerprint density at radius 3 is 1.83 bits per heavy atom. The van der Waals surface area contributed by atoms with E-state index in [-0.39, 0.29) is 86.1 Å². The molecule has 0 radical (unpaired) electrons. The molecular weight excluding hydrogens is 1040 g/mol. The Bertz CT molecular complexity index is 2780. The van der Waals surface area contributed by atoms with Crippen molar-refractivity contribution in [1.82, 2.24) is 65.3 Å².